The minimum atomic E-state index is -0.467. The third kappa shape index (κ3) is 7.77. The zero-order chi connectivity index (χ0) is 23.0. The first-order chi connectivity index (χ1) is 15.3. The van der Waals surface area contributed by atoms with Crippen LogP contribution >= 0.6 is 0 Å². The Hall–Kier alpha value is -2.70. The number of amides is 1. The second-order valence-corrected chi connectivity index (χ2v) is 9.58. The molecule has 1 saturated carbocycles. The Morgan fingerprint density at radius 1 is 1.09 bits per heavy atom. The van der Waals surface area contributed by atoms with E-state index in [1.807, 2.05) is 20.8 Å². The van der Waals surface area contributed by atoms with E-state index in [-0.39, 0.29) is 12.1 Å². The Morgan fingerprint density at radius 2 is 1.75 bits per heavy atom. The average molecular weight is 442 g/mol. The molecule has 0 atom stereocenters. The molecule has 176 valence electrons. The van der Waals surface area contributed by atoms with Gasteiger partial charge in [-0.25, -0.2) is 9.79 Å². The van der Waals surface area contributed by atoms with E-state index < -0.39 is 5.60 Å². The summed E-state index contributed by atoms with van der Waals surface area (Å²) in [5.74, 6) is 0.851. The highest BCUT2D eigenvalue weighted by atomic mass is 16.6. The highest BCUT2D eigenvalue weighted by Crippen LogP contribution is 2.20. The summed E-state index contributed by atoms with van der Waals surface area (Å²) < 4.78 is 5.38. The predicted octanol–water partition coefficient (Wildman–Crippen LogP) is 3.95. The number of aliphatic imine (C=N–C) groups is 1. The van der Waals surface area contributed by atoms with Crippen molar-refractivity contribution in [3.8, 4) is 0 Å². The zero-order valence-electron chi connectivity index (χ0n) is 20.0. The molecular weight excluding hydrogens is 402 g/mol. The van der Waals surface area contributed by atoms with Crippen molar-refractivity contribution in [1.29, 1.82) is 0 Å². The first kappa shape index (κ1) is 24.0. The van der Waals surface area contributed by atoms with E-state index in [0.29, 0.717) is 12.6 Å². The number of carbonyl (C=O) groups is 1. The third-order valence-corrected chi connectivity index (χ3v) is 5.65. The number of anilines is 1. The topological polar surface area (TPSA) is 78.0 Å². The molecule has 0 aromatic heterocycles. The Kier molecular flexibility index (Phi) is 8.42. The molecule has 1 fully saturated rings. The molecule has 0 spiro atoms. The van der Waals surface area contributed by atoms with E-state index in [1.54, 1.807) is 0 Å². The van der Waals surface area contributed by atoms with Gasteiger partial charge in [0.05, 0.1) is 6.54 Å². The maximum Gasteiger partial charge on any atom is 0.407 e. The fraction of sp³-hybridized carbons (Fsp3) is 0.600. The van der Waals surface area contributed by atoms with Gasteiger partial charge in [-0.2, -0.15) is 0 Å². The van der Waals surface area contributed by atoms with Crippen LogP contribution in [0.5, 0.6) is 0 Å². The van der Waals surface area contributed by atoms with E-state index in [0.717, 1.165) is 51.3 Å². The second kappa shape index (κ2) is 11.2. The lowest BCUT2D eigenvalue weighted by Crippen LogP contribution is -2.48. The predicted molar refractivity (Wildman–Crippen MR) is 131 cm³/mol. The molecule has 3 rings (SSSR count). The van der Waals surface area contributed by atoms with Crippen molar-refractivity contribution in [2.75, 3.05) is 24.5 Å². The monoisotopic (exact) mass is 441 g/mol. The van der Waals surface area contributed by atoms with Crippen LogP contribution in [0.15, 0.2) is 41.4 Å². The van der Waals surface area contributed by atoms with Crippen LogP contribution in [0, 0.1) is 0 Å². The largest absolute Gasteiger partial charge is 0.444 e. The van der Waals surface area contributed by atoms with Crippen LogP contribution < -0.4 is 20.9 Å². The Balaban J connectivity index is 1.49. The van der Waals surface area contributed by atoms with Crippen molar-refractivity contribution in [2.24, 2.45) is 4.99 Å². The fourth-order valence-electron chi connectivity index (χ4n) is 4.08. The molecule has 0 radical (unpaired) electrons. The quantitative estimate of drug-likeness (QED) is 0.354. The maximum atomic E-state index is 12.0. The zero-order valence-corrected chi connectivity index (χ0v) is 20.0. The van der Waals surface area contributed by atoms with Gasteiger partial charge in [0, 0.05) is 37.4 Å². The van der Waals surface area contributed by atoms with Crippen LogP contribution in [0.2, 0.25) is 0 Å². The molecule has 1 aliphatic carbocycles. The lowest BCUT2D eigenvalue weighted by molar-refractivity contribution is 0.0490. The Labute approximate surface area is 192 Å². The van der Waals surface area contributed by atoms with Crippen LogP contribution in [0.4, 0.5) is 10.5 Å². The van der Waals surface area contributed by atoms with Crippen molar-refractivity contribution in [3.05, 3.63) is 42.0 Å². The van der Waals surface area contributed by atoms with Crippen molar-refractivity contribution >= 4 is 17.7 Å². The number of benzene rings is 1. The second-order valence-electron chi connectivity index (χ2n) is 9.58. The number of nitrogens with zero attached hydrogens (tertiary/aromatic N) is 2. The highest BCUT2D eigenvalue weighted by molar-refractivity contribution is 5.80. The summed E-state index contributed by atoms with van der Waals surface area (Å²) in [4.78, 5) is 19.2. The van der Waals surface area contributed by atoms with E-state index >= 15 is 0 Å². The van der Waals surface area contributed by atoms with Gasteiger partial charge in [-0.05, 0) is 71.1 Å². The van der Waals surface area contributed by atoms with Crippen LogP contribution in [-0.2, 0) is 11.3 Å². The van der Waals surface area contributed by atoms with Crippen molar-refractivity contribution < 1.29 is 9.53 Å². The third-order valence-electron chi connectivity index (χ3n) is 5.65. The van der Waals surface area contributed by atoms with Gasteiger partial charge >= 0.3 is 6.09 Å². The van der Waals surface area contributed by atoms with Gasteiger partial charge in [0.1, 0.15) is 5.60 Å². The summed E-state index contributed by atoms with van der Waals surface area (Å²) in [6, 6.07) is 9.16. The number of rotatable bonds is 6. The molecule has 2 aliphatic rings. The number of carbonyl (C=O) groups excluding carboxylic acids is 1. The van der Waals surface area contributed by atoms with E-state index in [9.17, 15) is 4.79 Å². The van der Waals surface area contributed by atoms with E-state index in [1.165, 1.54) is 11.3 Å². The number of alkyl carbamates (subject to hydrolysis) is 1. The minimum Gasteiger partial charge on any atom is -0.444 e. The molecule has 32 heavy (non-hydrogen) atoms. The normalized spacial score (nSPS) is 21.4. The van der Waals surface area contributed by atoms with Crippen molar-refractivity contribution in [2.45, 2.75) is 77.6 Å². The van der Waals surface area contributed by atoms with E-state index in [4.69, 9.17) is 9.73 Å². The van der Waals surface area contributed by atoms with Gasteiger partial charge in [-0.3, -0.25) is 0 Å². The number of nitrogens with one attached hydrogen (secondary N) is 3. The molecule has 1 heterocycles. The molecule has 7 nitrogen and oxygen atoms in total. The smallest absolute Gasteiger partial charge is 0.407 e. The molecule has 1 aromatic rings. The maximum absolute atomic E-state index is 12.0. The van der Waals surface area contributed by atoms with Gasteiger partial charge in [-0.1, -0.05) is 24.3 Å². The number of guanidine groups is 1. The van der Waals surface area contributed by atoms with Gasteiger partial charge in [0.2, 0.25) is 0 Å². The molecule has 0 unspecified atom stereocenters. The molecule has 0 bridgehead atoms. The molecule has 1 amide bonds. The van der Waals surface area contributed by atoms with E-state index in [2.05, 4.69) is 64.2 Å². The van der Waals surface area contributed by atoms with Crippen LogP contribution in [-0.4, -0.2) is 49.4 Å². The summed E-state index contributed by atoms with van der Waals surface area (Å²) >= 11 is 0. The van der Waals surface area contributed by atoms with Crippen LogP contribution in [0.1, 0.15) is 58.9 Å². The summed E-state index contributed by atoms with van der Waals surface area (Å²) in [7, 11) is 0. The van der Waals surface area contributed by atoms with Crippen LogP contribution in [0.25, 0.3) is 0 Å². The fourth-order valence-corrected chi connectivity index (χ4v) is 4.08. The lowest BCUT2D eigenvalue weighted by Gasteiger charge is -2.31. The standard InChI is InChI=1S/C25H39N5O2/c1-5-26-23(27-18-19-9-8-10-22(17-19)30-15-6-7-16-30)28-20-11-13-21(14-12-20)29-24(31)32-25(2,3)4/h6-10,17,20-21H,5,11-16,18H2,1-4H3,(H,29,31)(H2,26,27,28). The molecule has 0 saturated heterocycles. The molecule has 7 heteroatoms. The Bertz CT molecular complexity index is 799. The molecule has 1 aromatic carbocycles. The van der Waals surface area contributed by atoms with Crippen LogP contribution in [0.3, 0.4) is 0 Å². The number of hydrogen-bond donors (Lipinski definition) is 3. The first-order valence-corrected chi connectivity index (χ1v) is 11.9. The number of ether oxygens (including phenoxy) is 1. The SMILES string of the molecule is CCNC(=NCc1cccc(N2CC=CC2)c1)NC1CCC(NC(=O)OC(C)(C)C)CC1. The summed E-state index contributed by atoms with van der Waals surface area (Å²) in [5, 5.41) is 9.96. The number of hydrogen-bond acceptors (Lipinski definition) is 4. The average Bonchev–Trinajstić information content (AvgIpc) is 3.27. The van der Waals surface area contributed by atoms with Gasteiger partial charge in [0.15, 0.2) is 5.96 Å². The lowest BCUT2D eigenvalue weighted by atomic mass is 9.91. The van der Waals surface area contributed by atoms with Crippen molar-refractivity contribution in [1.82, 2.24) is 16.0 Å². The summed E-state index contributed by atoms with van der Waals surface area (Å²) in [6.45, 7) is 11.1. The molecule has 1 aliphatic heterocycles. The van der Waals surface area contributed by atoms with Crippen molar-refractivity contribution in [3.63, 3.8) is 0 Å². The molecule has 3 N–H and O–H groups in total. The highest BCUT2D eigenvalue weighted by Gasteiger charge is 2.25. The summed E-state index contributed by atoms with van der Waals surface area (Å²) in [5.41, 5.74) is 1.98. The minimum absolute atomic E-state index is 0.172. The summed E-state index contributed by atoms with van der Waals surface area (Å²) in [6.07, 6.45) is 7.93. The van der Waals surface area contributed by atoms with Gasteiger partial charge in [0.25, 0.3) is 0 Å². The Morgan fingerprint density at radius 3 is 2.38 bits per heavy atom. The molecular formula is C25H39N5O2. The first-order valence-electron chi connectivity index (χ1n) is 11.9. The van der Waals surface area contributed by atoms with Gasteiger partial charge in [-0.15, -0.1) is 0 Å². The van der Waals surface area contributed by atoms with Gasteiger partial charge < -0.3 is 25.6 Å².